The molecular formula is C27H34ClNO4. The lowest BCUT2D eigenvalue weighted by Crippen LogP contribution is -2.39. The largest absolute Gasteiger partial charge is 0.497 e. The number of hydrogen-bond donors (Lipinski definition) is 2. The molecule has 0 bridgehead atoms. The molecule has 2 atom stereocenters. The Morgan fingerprint density at radius 3 is 1.67 bits per heavy atom. The molecule has 0 spiro atoms. The molecule has 0 amide bonds. The number of methoxy groups -OCH3 is 2. The molecule has 0 aliphatic carbocycles. The van der Waals surface area contributed by atoms with Gasteiger partial charge >= 0.3 is 0 Å². The minimum Gasteiger partial charge on any atom is -0.497 e. The summed E-state index contributed by atoms with van der Waals surface area (Å²) in [6.07, 6.45) is 1.91. The lowest BCUT2D eigenvalue weighted by Gasteiger charge is -2.21. The Morgan fingerprint density at radius 1 is 0.697 bits per heavy atom. The van der Waals surface area contributed by atoms with Crippen LogP contribution in [0.2, 0.25) is 0 Å². The molecule has 1 unspecified atom stereocenters. The van der Waals surface area contributed by atoms with E-state index in [1.165, 1.54) is 11.1 Å². The third-order valence-corrected chi connectivity index (χ3v) is 5.67. The summed E-state index contributed by atoms with van der Waals surface area (Å²) in [5.41, 5.74) is 8.51. The second kappa shape index (κ2) is 13.7. The second-order valence-electron chi connectivity index (χ2n) is 7.85. The van der Waals surface area contributed by atoms with Gasteiger partial charge in [-0.1, -0.05) is 55.3 Å². The fourth-order valence-electron chi connectivity index (χ4n) is 3.80. The maximum Gasteiger partial charge on any atom is 0.173 e. The molecule has 33 heavy (non-hydrogen) atoms. The number of nitrogens with two attached hydrogens (primary N) is 1. The number of benzene rings is 3. The van der Waals surface area contributed by atoms with Crippen molar-refractivity contribution < 1.29 is 19.3 Å². The Balaban J connectivity index is 0.00000385. The summed E-state index contributed by atoms with van der Waals surface area (Å²) in [6, 6.07) is 25.8. The molecule has 0 aliphatic heterocycles. The zero-order chi connectivity index (χ0) is 22.8. The highest BCUT2D eigenvalue weighted by Crippen LogP contribution is 2.32. The van der Waals surface area contributed by atoms with E-state index in [-0.39, 0.29) is 18.3 Å². The smallest absolute Gasteiger partial charge is 0.173 e. The van der Waals surface area contributed by atoms with Crippen LogP contribution in [0.4, 0.5) is 0 Å². The summed E-state index contributed by atoms with van der Waals surface area (Å²) in [5.74, 6) is 2.60. The van der Waals surface area contributed by atoms with Crippen molar-refractivity contribution in [2.45, 2.75) is 43.9 Å². The Morgan fingerprint density at radius 2 is 1.18 bits per heavy atom. The maximum atomic E-state index is 10.4. The highest BCUT2D eigenvalue weighted by Gasteiger charge is 2.18. The number of ether oxygens (including phenoxy) is 3. The van der Waals surface area contributed by atoms with Gasteiger partial charge in [-0.15, -0.1) is 12.4 Å². The van der Waals surface area contributed by atoms with Crippen molar-refractivity contribution in [1.82, 2.24) is 0 Å². The molecule has 5 nitrogen and oxygen atoms in total. The van der Waals surface area contributed by atoms with E-state index in [1.807, 2.05) is 54.6 Å². The summed E-state index contributed by atoms with van der Waals surface area (Å²) in [6.45, 7) is 0. The van der Waals surface area contributed by atoms with Crippen LogP contribution in [0, 0.1) is 0 Å². The Kier molecular flexibility index (Phi) is 11.0. The molecule has 3 aromatic rings. The molecule has 0 heterocycles. The SMILES string of the molecule is COc1ccc(C(CCCC[C@H](O)C(N)Oc2ccccc2)c2ccc(OC)cc2)cc1.Cl. The van der Waals surface area contributed by atoms with Crippen LogP contribution in [-0.4, -0.2) is 31.7 Å². The summed E-state index contributed by atoms with van der Waals surface area (Å²) in [7, 11) is 3.35. The van der Waals surface area contributed by atoms with Gasteiger partial charge in [0.1, 0.15) is 23.4 Å². The quantitative estimate of drug-likeness (QED) is 0.268. The second-order valence-corrected chi connectivity index (χ2v) is 7.85. The van der Waals surface area contributed by atoms with Crippen molar-refractivity contribution in [3.8, 4) is 17.2 Å². The van der Waals surface area contributed by atoms with E-state index in [2.05, 4.69) is 24.3 Å². The van der Waals surface area contributed by atoms with Gasteiger partial charge in [0, 0.05) is 5.92 Å². The number of aliphatic hydroxyl groups excluding tert-OH is 1. The Hall–Kier alpha value is -2.73. The molecule has 3 N–H and O–H groups in total. The van der Waals surface area contributed by atoms with Crippen molar-refractivity contribution >= 4 is 12.4 Å². The number of para-hydroxylation sites is 1. The van der Waals surface area contributed by atoms with Crippen molar-refractivity contribution in [2.75, 3.05) is 14.2 Å². The first kappa shape index (κ1) is 26.5. The molecule has 0 saturated carbocycles. The van der Waals surface area contributed by atoms with Crippen molar-refractivity contribution in [3.63, 3.8) is 0 Å². The standard InChI is InChI=1S/C27H33NO4.ClH/c1-30-22-16-12-20(13-17-22)25(21-14-18-23(31-2)19-15-21)10-6-7-11-26(29)27(28)32-24-8-4-3-5-9-24;/h3-5,8-9,12-19,25-27,29H,6-7,10-11,28H2,1-2H3;1H/t26-,27?;/m0./s1. The molecule has 0 radical (unpaired) electrons. The van der Waals surface area contributed by atoms with Crippen LogP contribution >= 0.6 is 12.4 Å². The van der Waals surface area contributed by atoms with Crippen LogP contribution in [0.1, 0.15) is 42.7 Å². The monoisotopic (exact) mass is 471 g/mol. The maximum absolute atomic E-state index is 10.4. The van der Waals surface area contributed by atoms with Gasteiger partial charge in [-0.3, -0.25) is 5.73 Å². The average Bonchev–Trinajstić information content (AvgIpc) is 2.85. The predicted molar refractivity (Wildman–Crippen MR) is 135 cm³/mol. The van der Waals surface area contributed by atoms with Crippen molar-refractivity contribution in [3.05, 3.63) is 90.0 Å². The molecule has 178 valence electrons. The highest BCUT2D eigenvalue weighted by molar-refractivity contribution is 5.85. The number of unbranched alkanes of at least 4 members (excludes halogenated alkanes) is 1. The van der Waals surface area contributed by atoms with Crippen LogP contribution < -0.4 is 19.9 Å². The Bertz CT molecular complexity index is 872. The summed E-state index contributed by atoms with van der Waals surface area (Å²) in [5, 5.41) is 10.4. The summed E-state index contributed by atoms with van der Waals surface area (Å²) >= 11 is 0. The number of rotatable bonds is 12. The van der Waals surface area contributed by atoms with Gasteiger partial charge in [-0.25, -0.2) is 0 Å². The van der Waals surface area contributed by atoms with Gasteiger partial charge in [0.05, 0.1) is 14.2 Å². The fraction of sp³-hybridized carbons (Fsp3) is 0.333. The van der Waals surface area contributed by atoms with E-state index in [0.717, 1.165) is 30.8 Å². The van der Waals surface area contributed by atoms with Crippen molar-refractivity contribution in [1.29, 1.82) is 0 Å². The van der Waals surface area contributed by atoms with Gasteiger partial charge < -0.3 is 19.3 Å². The first-order valence-corrected chi connectivity index (χ1v) is 11.0. The van der Waals surface area contributed by atoms with Crippen LogP contribution in [0.15, 0.2) is 78.9 Å². The van der Waals surface area contributed by atoms with Crippen LogP contribution in [-0.2, 0) is 0 Å². The number of aliphatic hydroxyl groups is 1. The van der Waals surface area contributed by atoms with E-state index >= 15 is 0 Å². The lowest BCUT2D eigenvalue weighted by molar-refractivity contribution is 0.0330. The zero-order valence-corrected chi connectivity index (χ0v) is 20.0. The van der Waals surface area contributed by atoms with Gasteiger partial charge in [-0.05, 0) is 60.4 Å². The molecule has 6 heteroatoms. The zero-order valence-electron chi connectivity index (χ0n) is 19.2. The third-order valence-electron chi connectivity index (χ3n) is 5.67. The predicted octanol–water partition coefficient (Wildman–Crippen LogP) is 5.54. The van der Waals surface area contributed by atoms with Crippen LogP contribution in [0.3, 0.4) is 0 Å². The van der Waals surface area contributed by atoms with Gasteiger partial charge in [-0.2, -0.15) is 0 Å². The first-order valence-electron chi connectivity index (χ1n) is 11.0. The van der Waals surface area contributed by atoms with Gasteiger partial charge in [0.2, 0.25) is 0 Å². The van der Waals surface area contributed by atoms with Crippen LogP contribution in [0.25, 0.3) is 0 Å². The molecule has 0 saturated heterocycles. The summed E-state index contributed by atoms with van der Waals surface area (Å²) < 4.78 is 16.3. The van der Waals surface area contributed by atoms with E-state index < -0.39 is 12.3 Å². The minimum atomic E-state index is -0.739. The lowest BCUT2D eigenvalue weighted by atomic mass is 9.86. The van der Waals surface area contributed by atoms with Crippen LogP contribution in [0.5, 0.6) is 17.2 Å². The third kappa shape index (κ3) is 7.97. The number of hydrogen-bond acceptors (Lipinski definition) is 5. The topological polar surface area (TPSA) is 73.9 Å². The fourth-order valence-corrected chi connectivity index (χ4v) is 3.80. The van der Waals surface area contributed by atoms with Gasteiger partial charge in [0.25, 0.3) is 0 Å². The summed E-state index contributed by atoms with van der Waals surface area (Å²) in [4.78, 5) is 0. The normalized spacial score (nSPS) is 12.5. The molecule has 0 aromatic heterocycles. The Labute approximate surface area is 202 Å². The molecule has 0 aliphatic rings. The average molecular weight is 472 g/mol. The van der Waals surface area contributed by atoms with E-state index in [1.54, 1.807) is 14.2 Å². The van der Waals surface area contributed by atoms with E-state index in [9.17, 15) is 5.11 Å². The molecule has 3 aromatic carbocycles. The van der Waals surface area contributed by atoms with Crippen molar-refractivity contribution in [2.24, 2.45) is 5.73 Å². The van der Waals surface area contributed by atoms with Gasteiger partial charge in [0.15, 0.2) is 6.23 Å². The molecule has 3 rings (SSSR count). The number of halogens is 1. The first-order chi connectivity index (χ1) is 15.6. The minimum absolute atomic E-state index is 0. The molecular weight excluding hydrogens is 438 g/mol. The van der Waals surface area contributed by atoms with E-state index in [4.69, 9.17) is 19.9 Å². The molecule has 0 fully saturated rings. The highest BCUT2D eigenvalue weighted by atomic mass is 35.5. The van der Waals surface area contributed by atoms with E-state index in [0.29, 0.717) is 12.2 Å².